The lowest BCUT2D eigenvalue weighted by Gasteiger charge is -2.25. The molecule has 1 aromatic heterocycles. The van der Waals surface area contributed by atoms with Gasteiger partial charge in [-0.25, -0.2) is 4.98 Å². The van der Waals surface area contributed by atoms with Crippen molar-refractivity contribution in [2.24, 2.45) is 0 Å². The molecule has 0 bridgehead atoms. The van der Waals surface area contributed by atoms with Gasteiger partial charge in [0.15, 0.2) is 0 Å². The van der Waals surface area contributed by atoms with E-state index in [2.05, 4.69) is 34.3 Å². The van der Waals surface area contributed by atoms with E-state index in [1.165, 1.54) is 5.56 Å². The first-order valence-corrected chi connectivity index (χ1v) is 8.95. The van der Waals surface area contributed by atoms with Crippen molar-refractivity contribution in [1.82, 2.24) is 4.98 Å². The number of amides is 1. The normalized spacial score (nSPS) is 15.3. The minimum Gasteiger partial charge on any atom is -0.497 e. The highest BCUT2D eigenvalue weighted by Gasteiger charge is 2.30. The summed E-state index contributed by atoms with van der Waals surface area (Å²) < 4.78 is 5.16. The standard InChI is InChI=1S/C22H21N3O2/c1-15-14-16-6-3-4-8-20(16)25(15)21-19(7-5-13-23-21)22(26)24-17-9-11-18(27-2)12-10-17/h3-13,15H,14H2,1-2H3,(H,24,26). The lowest BCUT2D eigenvalue weighted by molar-refractivity contribution is 0.102. The van der Waals surface area contributed by atoms with Gasteiger partial charge in [0.1, 0.15) is 11.6 Å². The molecule has 5 nitrogen and oxygen atoms in total. The monoisotopic (exact) mass is 359 g/mol. The van der Waals surface area contributed by atoms with Gasteiger partial charge in [-0.3, -0.25) is 4.79 Å². The van der Waals surface area contributed by atoms with E-state index in [9.17, 15) is 4.79 Å². The number of aromatic nitrogens is 1. The quantitative estimate of drug-likeness (QED) is 0.749. The van der Waals surface area contributed by atoms with Crippen molar-refractivity contribution in [2.45, 2.75) is 19.4 Å². The Morgan fingerprint density at radius 1 is 1.11 bits per heavy atom. The second-order valence-corrected chi connectivity index (χ2v) is 6.61. The van der Waals surface area contributed by atoms with Gasteiger partial charge in [0.25, 0.3) is 5.91 Å². The number of nitrogens with zero attached hydrogens (tertiary/aromatic N) is 2. The summed E-state index contributed by atoms with van der Waals surface area (Å²) in [6, 6.07) is 19.4. The van der Waals surface area contributed by atoms with Gasteiger partial charge in [-0.2, -0.15) is 0 Å². The summed E-state index contributed by atoms with van der Waals surface area (Å²) in [5.74, 6) is 1.25. The average Bonchev–Trinajstić information content (AvgIpc) is 3.04. The summed E-state index contributed by atoms with van der Waals surface area (Å²) in [4.78, 5) is 19.7. The van der Waals surface area contributed by atoms with Gasteiger partial charge in [-0.15, -0.1) is 0 Å². The van der Waals surface area contributed by atoms with Crippen molar-refractivity contribution in [3.05, 3.63) is 78.0 Å². The largest absolute Gasteiger partial charge is 0.497 e. The first-order chi connectivity index (χ1) is 13.2. The Hall–Kier alpha value is -3.34. The number of anilines is 3. The van der Waals surface area contributed by atoms with E-state index in [0.29, 0.717) is 17.1 Å². The van der Waals surface area contributed by atoms with Crippen LogP contribution in [0.25, 0.3) is 0 Å². The second-order valence-electron chi connectivity index (χ2n) is 6.61. The third-order valence-electron chi connectivity index (χ3n) is 4.81. The topological polar surface area (TPSA) is 54.5 Å². The van der Waals surface area contributed by atoms with Crippen molar-refractivity contribution in [3.8, 4) is 5.75 Å². The number of ether oxygens (including phenoxy) is 1. The Bertz CT molecular complexity index is 969. The molecule has 0 radical (unpaired) electrons. The highest BCUT2D eigenvalue weighted by Crippen LogP contribution is 2.38. The molecule has 5 heteroatoms. The molecule has 2 heterocycles. The van der Waals surface area contributed by atoms with Crippen LogP contribution in [0.4, 0.5) is 17.2 Å². The molecule has 27 heavy (non-hydrogen) atoms. The zero-order valence-electron chi connectivity index (χ0n) is 15.3. The number of hydrogen-bond donors (Lipinski definition) is 1. The van der Waals surface area contributed by atoms with Gasteiger partial charge < -0.3 is 15.0 Å². The highest BCUT2D eigenvalue weighted by molar-refractivity contribution is 6.08. The number of carbonyl (C=O) groups excluding carboxylic acids is 1. The molecular weight excluding hydrogens is 338 g/mol. The number of nitrogens with one attached hydrogen (secondary N) is 1. The molecule has 136 valence electrons. The molecule has 0 saturated heterocycles. The van der Waals surface area contributed by atoms with Gasteiger partial charge in [0, 0.05) is 23.6 Å². The molecular formula is C22H21N3O2. The number of methoxy groups -OCH3 is 1. The first kappa shape index (κ1) is 17.1. The smallest absolute Gasteiger partial charge is 0.259 e. The summed E-state index contributed by atoms with van der Waals surface area (Å²) in [6.45, 7) is 2.15. The molecule has 1 aliphatic rings. The molecule has 0 aliphatic carbocycles. The Kier molecular flexibility index (Phi) is 4.50. The van der Waals surface area contributed by atoms with E-state index >= 15 is 0 Å². The van der Waals surface area contributed by atoms with Crippen LogP contribution in [0.2, 0.25) is 0 Å². The molecule has 0 spiro atoms. The number of para-hydroxylation sites is 1. The minimum absolute atomic E-state index is 0.181. The van der Waals surface area contributed by atoms with E-state index in [1.807, 2.05) is 42.5 Å². The molecule has 1 aliphatic heterocycles. The SMILES string of the molecule is COc1ccc(NC(=O)c2cccnc2N2c3ccccc3CC2C)cc1. The molecule has 3 aromatic rings. The minimum atomic E-state index is -0.181. The predicted octanol–water partition coefficient (Wildman–Crippen LogP) is 4.43. The number of hydrogen-bond acceptors (Lipinski definition) is 4. The van der Waals surface area contributed by atoms with E-state index in [4.69, 9.17) is 4.74 Å². The highest BCUT2D eigenvalue weighted by atomic mass is 16.5. The summed E-state index contributed by atoms with van der Waals surface area (Å²) in [5, 5.41) is 2.95. The molecule has 2 aromatic carbocycles. The lowest BCUT2D eigenvalue weighted by Crippen LogP contribution is -2.27. The van der Waals surface area contributed by atoms with Crippen LogP contribution >= 0.6 is 0 Å². The number of rotatable bonds is 4. The summed E-state index contributed by atoms with van der Waals surface area (Å²) in [6.07, 6.45) is 2.67. The van der Waals surface area contributed by atoms with Crippen LogP contribution in [0.1, 0.15) is 22.8 Å². The van der Waals surface area contributed by atoms with E-state index in [1.54, 1.807) is 19.4 Å². The van der Waals surface area contributed by atoms with Gasteiger partial charge in [0.2, 0.25) is 0 Å². The van der Waals surface area contributed by atoms with Crippen LogP contribution < -0.4 is 15.0 Å². The number of carbonyl (C=O) groups is 1. The van der Waals surface area contributed by atoms with Crippen molar-refractivity contribution >= 4 is 23.1 Å². The predicted molar refractivity (Wildman–Crippen MR) is 107 cm³/mol. The third-order valence-corrected chi connectivity index (χ3v) is 4.81. The Balaban J connectivity index is 1.66. The Morgan fingerprint density at radius 3 is 2.67 bits per heavy atom. The fourth-order valence-corrected chi connectivity index (χ4v) is 3.53. The summed E-state index contributed by atoms with van der Waals surface area (Å²) in [7, 11) is 1.62. The number of benzene rings is 2. The maximum atomic E-state index is 13.0. The lowest BCUT2D eigenvalue weighted by atomic mass is 10.1. The van der Waals surface area contributed by atoms with Gasteiger partial charge in [0.05, 0.1) is 12.7 Å². The Morgan fingerprint density at radius 2 is 1.89 bits per heavy atom. The van der Waals surface area contributed by atoms with Crippen LogP contribution in [0.5, 0.6) is 5.75 Å². The molecule has 4 rings (SSSR count). The van der Waals surface area contributed by atoms with Gasteiger partial charge >= 0.3 is 0 Å². The van der Waals surface area contributed by atoms with E-state index in [-0.39, 0.29) is 11.9 Å². The van der Waals surface area contributed by atoms with Crippen molar-refractivity contribution in [1.29, 1.82) is 0 Å². The average molecular weight is 359 g/mol. The molecule has 1 atom stereocenters. The van der Waals surface area contributed by atoms with Crippen molar-refractivity contribution in [3.63, 3.8) is 0 Å². The molecule has 1 amide bonds. The van der Waals surface area contributed by atoms with Crippen molar-refractivity contribution in [2.75, 3.05) is 17.3 Å². The maximum absolute atomic E-state index is 13.0. The molecule has 1 unspecified atom stereocenters. The second kappa shape index (κ2) is 7.11. The maximum Gasteiger partial charge on any atom is 0.259 e. The number of fused-ring (bicyclic) bond motifs is 1. The van der Waals surface area contributed by atoms with Gasteiger partial charge in [-0.1, -0.05) is 18.2 Å². The van der Waals surface area contributed by atoms with Crippen LogP contribution in [0.3, 0.4) is 0 Å². The fourth-order valence-electron chi connectivity index (χ4n) is 3.53. The van der Waals surface area contributed by atoms with Crippen LogP contribution in [0.15, 0.2) is 66.9 Å². The first-order valence-electron chi connectivity index (χ1n) is 8.95. The zero-order valence-corrected chi connectivity index (χ0v) is 15.3. The van der Waals surface area contributed by atoms with Gasteiger partial charge in [-0.05, 0) is 61.4 Å². The summed E-state index contributed by atoms with van der Waals surface area (Å²) in [5.41, 5.74) is 3.65. The fraction of sp³-hybridized carbons (Fsp3) is 0.182. The number of pyridine rings is 1. The van der Waals surface area contributed by atoms with Crippen molar-refractivity contribution < 1.29 is 9.53 Å². The van der Waals surface area contributed by atoms with Crippen LogP contribution in [-0.2, 0) is 6.42 Å². The molecule has 0 fully saturated rings. The Labute approximate surface area is 158 Å². The van der Waals surface area contributed by atoms with Crippen LogP contribution in [0, 0.1) is 0 Å². The van der Waals surface area contributed by atoms with Crippen LogP contribution in [-0.4, -0.2) is 24.0 Å². The van der Waals surface area contributed by atoms with E-state index < -0.39 is 0 Å². The summed E-state index contributed by atoms with van der Waals surface area (Å²) >= 11 is 0. The zero-order chi connectivity index (χ0) is 18.8. The molecule has 1 N–H and O–H groups in total. The van der Waals surface area contributed by atoms with E-state index in [0.717, 1.165) is 17.9 Å². The molecule has 0 saturated carbocycles. The third kappa shape index (κ3) is 3.24.